The Morgan fingerprint density at radius 3 is 2.61 bits per heavy atom. The molecule has 1 aromatic rings. The lowest BCUT2D eigenvalue weighted by molar-refractivity contribution is -0.135. The summed E-state index contributed by atoms with van der Waals surface area (Å²) < 4.78 is 9.73. The molecular formula is C13H9ClO4. The second-order valence-corrected chi connectivity index (χ2v) is 3.95. The molecule has 0 radical (unpaired) electrons. The predicted molar refractivity (Wildman–Crippen MR) is 65.6 cm³/mol. The van der Waals surface area contributed by atoms with Crippen LogP contribution >= 0.6 is 11.6 Å². The first-order chi connectivity index (χ1) is 8.60. The van der Waals surface area contributed by atoms with Gasteiger partial charge in [0.15, 0.2) is 5.76 Å². The number of halogens is 1. The van der Waals surface area contributed by atoms with E-state index in [9.17, 15) is 9.59 Å². The van der Waals surface area contributed by atoms with E-state index >= 15 is 0 Å². The molecule has 2 rings (SSSR count). The number of rotatable bonds is 2. The third-order valence-electron chi connectivity index (χ3n) is 2.30. The molecule has 0 aliphatic carbocycles. The van der Waals surface area contributed by atoms with Crippen molar-refractivity contribution < 1.29 is 19.1 Å². The SMILES string of the molecule is COC(=O)/C=C1/OC(c2ccc(Cl)cc2)=CC1=O. The van der Waals surface area contributed by atoms with Crippen molar-refractivity contribution in [1.82, 2.24) is 0 Å². The van der Waals surface area contributed by atoms with Crippen molar-refractivity contribution in [1.29, 1.82) is 0 Å². The van der Waals surface area contributed by atoms with Crippen LogP contribution in [0.5, 0.6) is 0 Å². The minimum absolute atomic E-state index is 0.0493. The fraction of sp³-hybridized carbons (Fsp3) is 0.0769. The van der Waals surface area contributed by atoms with Gasteiger partial charge >= 0.3 is 5.97 Å². The van der Waals surface area contributed by atoms with Crippen LogP contribution in [-0.4, -0.2) is 18.9 Å². The number of carbonyl (C=O) groups is 2. The van der Waals surface area contributed by atoms with Crippen LogP contribution in [0.25, 0.3) is 5.76 Å². The highest BCUT2D eigenvalue weighted by Crippen LogP contribution is 2.27. The Bertz CT molecular complexity index is 555. The van der Waals surface area contributed by atoms with E-state index in [2.05, 4.69) is 4.74 Å². The number of benzene rings is 1. The number of hydrogen-bond donors (Lipinski definition) is 0. The normalized spacial score (nSPS) is 16.4. The molecule has 18 heavy (non-hydrogen) atoms. The number of carbonyl (C=O) groups excluding carboxylic acids is 2. The molecule has 0 aromatic heterocycles. The smallest absolute Gasteiger partial charge is 0.334 e. The maximum Gasteiger partial charge on any atom is 0.334 e. The lowest BCUT2D eigenvalue weighted by Gasteiger charge is -2.03. The summed E-state index contributed by atoms with van der Waals surface area (Å²) in [4.78, 5) is 22.6. The first-order valence-electron chi connectivity index (χ1n) is 5.09. The van der Waals surface area contributed by atoms with Crippen molar-refractivity contribution in [2.24, 2.45) is 0 Å². The molecule has 0 saturated carbocycles. The van der Waals surface area contributed by atoms with Gasteiger partial charge < -0.3 is 9.47 Å². The summed E-state index contributed by atoms with van der Waals surface area (Å²) in [6.07, 6.45) is 2.33. The summed E-state index contributed by atoms with van der Waals surface area (Å²) in [7, 11) is 1.23. The highest BCUT2D eigenvalue weighted by atomic mass is 35.5. The Morgan fingerprint density at radius 1 is 1.33 bits per heavy atom. The van der Waals surface area contributed by atoms with Crippen LogP contribution in [0.2, 0.25) is 5.02 Å². The van der Waals surface area contributed by atoms with E-state index in [0.717, 1.165) is 6.08 Å². The van der Waals surface area contributed by atoms with Gasteiger partial charge in [0.05, 0.1) is 13.2 Å². The van der Waals surface area contributed by atoms with Crippen LogP contribution in [0.3, 0.4) is 0 Å². The van der Waals surface area contributed by atoms with Gasteiger partial charge in [-0.05, 0) is 24.3 Å². The molecule has 1 aliphatic rings. The highest BCUT2D eigenvalue weighted by molar-refractivity contribution is 6.30. The Hall–Kier alpha value is -2.07. The molecule has 0 atom stereocenters. The van der Waals surface area contributed by atoms with Crippen LogP contribution in [0, 0.1) is 0 Å². The Morgan fingerprint density at radius 2 is 2.00 bits per heavy atom. The second kappa shape index (κ2) is 5.06. The lowest BCUT2D eigenvalue weighted by atomic mass is 10.2. The van der Waals surface area contributed by atoms with Crippen molar-refractivity contribution in [2.75, 3.05) is 7.11 Å². The fourth-order valence-corrected chi connectivity index (χ4v) is 1.54. The van der Waals surface area contributed by atoms with Gasteiger partial charge in [0.25, 0.3) is 0 Å². The van der Waals surface area contributed by atoms with E-state index in [-0.39, 0.29) is 11.5 Å². The molecule has 92 valence electrons. The molecular weight excluding hydrogens is 256 g/mol. The molecule has 5 heteroatoms. The van der Waals surface area contributed by atoms with Gasteiger partial charge in [0.1, 0.15) is 5.76 Å². The van der Waals surface area contributed by atoms with Crippen molar-refractivity contribution in [2.45, 2.75) is 0 Å². The number of esters is 1. The zero-order valence-corrected chi connectivity index (χ0v) is 10.2. The largest absolute Gasteiger partial charge is 0.466 e. The van der Waals surface area contributed by atoms with Gasteiger partial charge in [-0.25, -0.2) is 4.79 Å². The van der Waals surface area contributed by atoms with Gasteiger partial charge in [-0.2, -0.15) is 0 Å². The predicted octanol–water partition coefficient (Wildman–Crippen LogP) is 2.34. The zero-order chi connectivity index (χ0) is 13.1. The monoisotopic (exact) mass is 264 g/mol. The summed E-state index contributed by atoms with van der Waals surface area (Å²) >= 11 is 5.76. The van der Waals surface area contributed by atoms with E-state index < -0.39 is 5.97 Å². The third kappa shape index (κ3) is 2.60. The number of methoxy groups -OCH3 is 1. The van der Waals surface area contributed by atoms with E-state index in [1.807, 2.05) is 0 Å². The Kier molecular flexibility index (Phi) is 3.48. The third-order valence-corrected chi connectivity index (χ3v) is 2.56. The molecule has 1 heterocycles. The topological polar surface area (TPSA) is 52.6 Å². The summed E-state index contributed by atoms with van der Waals surface area (Å²) in [5, 5.41) is 0.592. The molecule has 4 nitrogen and oxygen atoms in total. The van der Waals surface area contributed by atoms with E-state index in [1.165, 1.54) is 13.2 Å². The average Bonchev–Trinajstić information content (AvgIpc) is 2.71. The van der Waals surface area contributed by atoms with Crippen molar-refractivity contribution in [3.8, 4) is 0 Å². The van der Waals surface area contributed by atoms with E-state index in [4.69, 9.17) is 16.3 Å². The summed E-state index contributed by atoms with van der Waals surface area (Å²) in [6.45, 7) is 0. The van der Waals surface area contributed by atoms with Crippen LogP contribution in [0.15, 0.2) is 42.2 Å². The number of ether oxygens (including phenoxy) is 2. The molecule has 0 unspecified atom stereocenters. The summed E-state index contributed by atoms with van der Waals surface area (Å²) in [5.41, 5.74) is 0.709. The summed E-state index contributed by atoms with van der Waals surface area (Å²) in [6, 6.07) is 6.83. The molecule has 1 aliphatic heterocycles. The molecule has 0 fully saturated rings. The van der Waals surface area contributed by atoms with Gasteiger partial charge in [0.2, 0.25) is 5.78 Å². The number of hydrogen-bond acceptors (Lipinski definition) is 4. The lowest BCUT2D eigenvalue weighted by Crippen LogP contribution is -2.01. The molecule has 0 saturated heterocycles. The van der Waals surface area contributed by atoms with Gasteiger partial charge in [-0.1, -0.05) is 11.6 Å². The van der Waals surface area contributed by atoms with E-state index in [1.54, 1.807) is 24.3 Å². The maximum absolute atomic E-state index is 11.6. The summed E-state index contributed by atoms with van der Waals surface area (Å²) in [5.74, 6) is -0.673. The minimum Gasteiger partial charge on any atom is -0.466 e. The van der Waals surface area contributed by atoms with Crippen molar-refractivity contribution >= 4 is 29.1 Å². The molecule has 0 N–H and O–H groups in total. The van der Waals surface area contributed by atoms with Crippen molar-refractivity contribution in [3.63, 3.8) is 0 Å². The molecule has 0 spiro atoms. The van der Waals surface area contributed by atoms with Crippen LogP contribution < -0.4 is 0 Å². The second-order valence-electron chi connectivity index (χ2n) is 3.51. The van der Waals surface area contributed by atoms with Crippen LogP contribution in [0.1, 0.15) is 5.56 Å². The number of allylic oxidation sites excluding steroid dienone is 1. The highest BCUT2D eigenvalue weighted by Gasteiger charge is 2.22. The maximum atomic E-state index is 11.6. The van der Waals surface area contributed by atoms with E-state index in [0.29, 0.717) is 16.3 Å². The first-order valence-corrected chi connectivity index (χ1v) is 5.47. The minimum atomic E-state index is -0.635. The van der Waals surface area contributed by atoms with Crippen molar-refractivity contribution in [3.05, 3.63) is 52.8 Å². The standard InChI is InChI=1S/C13H9ClO4/c1-17-13(16)7-12-10(15)6-11(18-12)8-2-4-9(14)5-3-8/h2-7H,1H3/b12-7+. The van der Waals surface area contributed by atoms with Gasteiger partial charge in [0, 0.05) is 16.7 Å². The molecule has 0 amide bonds. The van der Waals surface area contributed by atoms with Crippen LogP contribution in [-0.2, 0) is 19.1 Å². The molecule has 0 bridgehead atoms. The number of ketones is 1. The quantitative estimate of drug-likeness (QED) is 0.608. The zero-order valence-electron chi connectivity index (χ0n) is 9.48. The van der Waals surface area contributed by atoms with Gasteiger partial charge in [-0.3, -0.25) is 4.79 Å². The molecule has 1 aromatic carbocycles. The fourth-order valence-electron chi connectivity index (χ4n) is 1.41. The average molecular weight is 265 g/mol. The Labute approximate surface area is 108 Å². The first kappa shape index (κ1) is 12.4. The Balaban J connectivity index is 2.22. The van der Waals surface area contributed by atoms with Crippen LogP contribution in [0.4, 0.5) is 0 Å². The van der Waals surface area contributed by atoms with Gasteiger partial charge in [-0.15, -0.1) is 0 Å².